The summed E-state index contributed by atoms with van der Waals surface area (Å²) in [5.41, 5.74) is 1.29. The Morgan fingerprint density at radius 2 is 1.66 bits per heavy atom. The van der Waals surface area contributed by atoms with E-state index in [2.05, 4.69) is 37.1 Å². The fourth-order valence-electron chi connectivity index (χ4n) is 6.98. The van der Waals surface area contributed by atoms with Crippen molar-refractivity contribution in [3.8, 4) is 0 Å². The Balaban J connectivity index is 1.20. The number of carbonyl (C=O) groups is 1. The third-order valence-electron chi connectivity index (χ3n) is 9.22. The fraction of sp³-hybridized carbons (Fsp3) is 0.625. The fourth-order valence-corrected chi connectivity index (χ4v) is 6.98. The molecule has 2 aromatic rings. The van der Waals surface area contributed by atoms with E-state index in [9.17, 15) is 18.0 Å². The molecule has 1 aliphatic carbocycles. The average Bonchev–Trinajstić information content (AvgIpc) is 3.25. The summed E-state index contributed by atoms with van der Waals surface area (Å²) in [5.74, 6) is 0.543. The number of piperidine rings is 1. The second-order valence-electron chi connectivity index (χ2n) is 12.1. The molecule has 2 atom stereocenters. The van der Waals surface area contributed by atoms with E-state index in [0.717, 1.165) is 64.5 Å². The van der Waals surface area contributed by atoms with Crippen molar-refractivity contribution in [1.82, 2.24) is 20.1 Å². The monoisotopic (exact) mass is 571 g/mol. The highest BCUT2D eigenvalue weighted by atomic mass is 19.4. The van der Waals surface area contributed by atoms with Crippen LogP contribution in [0.3, 0.4) is 0 Å². The second kappa shape index (κ2) is 14.0. The first-order valence-corrected chi connectivity index (χ1v) is 15.4. The van der Waals surface area contributed by atoms with Gasteiger partial charge in [0.15, 0.2) is 0 Å². The van der Waals surface area contributed by atoms with Crippen LogP contribution >= 0.6 is 0 Å². The molecule has 3 fully saturated rings. The van der Waals surface area contributed by atoms with Crippen molar-refractivity contribution in [2.75, 3.05) is 44.2 Å². The van der Waals surface area contributed by atoms with Gasteiger partial charge in [0.2, 0.25) is 5.91 Å². The van der Waals surface area contributed by atoms with E-state index in [-0.39, 0.29) is 5.91 Å². The van der Waals surface area contributed by atoms with Gasteiger partial charge in [0, 0.05) is 75.9 Å². The number of carbonyl (C=O) groups excluding carboxylic acids is 1. The van der Waals surface area contributed by atoms with Crippen molar-refractivity contribution in [3.63, 3.8) is 0 Å². The summed E-state index contributed by atoms with van der Waals surface area (Å²) < 4.78 is 39.8. The first-order valence-electron chi connectivity index (χ1n) is 15.4. The van der Waals surface area contributed by atoms with E-state index < -0.39 is 11.7 Å². The summed E-state index contributed by atoms with van der Waals surface area (Å²) in [6.07, 6.45) is 8.88. The number of benzene rings is 1. The molecule has 1 aromatic carbocycles. The van der Waals surface area contributed by atoms with Gasteiger partial charge in [-0.15, -0.1) is 0 Å². The molecule has 0 unspecified atom stereocenters. The van der Waals surface area contributed by atoms with Crippen molar-refractivity contribution in [1.29, 1.82) is 0 Å². The number of alkyl halides is 3. The largest absolute Gasteiger partial charge is 0.416 e. The van der Waals surface area contributed by atoms with Crippen LogP contribution in [0.15, 0.2) is 48.8 Å². The summed E-state index contributed by atoms with van der Waals surface area (Å²) in [6.45, 7) is 5.85. The quantitative estimate of drug-likeness (QED) is 0.410. The number of likely N-dealkylation sites (tertiary alicyclic amines) is 1. The number of piperazine rings is 1. The number of pyridine rings is 1. The van der Waals surface area contributed by atoms with Crippen LogP contribution in [0.25, 0.3) is 0 Å². The van der Waals surface area contributed by atoms with Gasteiger partial charge in [-0.3, -0.25) is 19.6 Å². The molecule has 9 heteroatoms. The first-order chi connectivity index (χ1) is 19.8. The zero-order valence-electron chi connectivity index (χ0n) is 24.0. The second-order valence-corrected chi connectivity index (χ2v) is 12.1. The number of nitrogens with one attached hydrogen (secondary N) is 1. The number of hydrogen-bond acceptors (Lipinski definition) is 5. The van der Waals surface area contributed by atoms with Crippen molar-refractivity contribution in [3.05, 3.63) is 59.9 Å². The Labute approximate surface area is 242 Å². The lowest BCUT2D eigenvalue weighted by atomic mass is 9.86. The minimum Gasteiger partial charge on any atom is -0.369 e. The van der Waals surface area contributed by atoms with E-state index in [1.165, 1.54) is 43.4 Å². The zero-order valence-corrected chi connectivity index (χ0v) is 24.0. The Morgan fingerprint density at radius 3 is 2.37 bits per heavy atom. The molecule has 5 rings (SSSR count). The predicted molar refractivity (Wildman–Crippen MR) is 156 cm³/mol. The van der Waals surface area contributed by atoms with Gasteiger partial charge in [0.25, 0.3) is 0 Å². The summed E-state index contributed by atoms with van der Waals surface area (Å²) in [6, 6.07) is 10.5. The molecular weight excluding hydrogens is 527 g/mol. The van der Waals surface area contributed by atoms with Crippen LogP contribution in [-0.2, 0) is 17.5 Å². The molecule has 2 aliphatic heterocycles. The Kier molecular flexibility index (Phi) is 10.2. The predicted octanol–water partition coefficient (Wildman–Crippen LogP) is 5.73. The minimum atomic E-state index is -4.34. The lowest BCUT2D eigenvalue weighted by Crippen LogP contribution is -2.56. The molecule has 1 saturated carbocycles. The highest BCUT2D eigenvalue weighted by molar-refractivity contribution is 5.76. The maximum absolute atomic E-state index is 13.3. The Morgan fingerprint density at radius 1 is 0.927 bits per heavy atom. The standard InChI is InChI=1S/C32H44F3N5O/c33-32(34,35)27-6-5-9-29(22-27)39-18-20-40(21-19-39)30-14-17-38(23-25-12-15-36-16-13-25)24-26(30)10-11-31(41)37-28-7-3-1-2-4-8-28/h5-6,9,12-13,15-16,22,26,28,30H,1-4,7-8,10-11,14,17-21,23-24H2,(H,37,41)/t26-,30+/m0/s1. The molecule has 3 heterocycles. The number of rotatable bonds is 8. The molecule has 6 nitrogen and oxygen atoms in total. The van der Waals surface area contributed by atoms with Crippen LogP contribution in [-0.4, -0.2) is 72.0 Å². The van der Waals surface area contributed by atoms with E-state index in [4.69, 9.17) is 0 Å². The SMILES string of the molecule is O=C(CC[C@H]1CN(Cc2ccncc2)CC[C@H]1N1CCN(c2cccc(C(F)(F)F)c2)CC1)NC1CCCCCC1. The third-order valence-corrected chi connectivity index (χ3v) is 9.22. The van der Waals surface area contributed by atoms with Crippen LogP contribution in [0, 0.1) is 5.92 Å². The van der Waals surface area contributed by atoms with Gasteiger partial charge in [-0.1, -0.05) is 31.7 Å². The van der Waals surface area contributed by atoms with E-state index in [0.29, 0.717) is 43.2 Å². The van der Waals surface area contributed by atoms with Crippen LogP contribution in [0.1, 0.15) is 68.9 Å². The molecule has 224 valence electrons. The number of nitrogens with zero attached hydrogens (tertiary/aromatic N) is 4. The molecule has 1 N–H and O–H groups in total. The molecule has 0 spiro atoms. The lowest BCUT2D eigenvalue weighted by molar-refractivity contribution is -0.137. The average molecular weight is 572 g/mol. The van der Waals surface area contributed by atoms with E-state index in [1.807, 2.05) is 12.4 Å². The first kappa shape index (κ1) is 29.8. The van der Waals surface area contributed by atoms with E-state index >= 15 is 0 Å². The maximum atomic E-state index is 13.3. The van der Waals surface area contributed by atoms with Gasteiger partial charge < -0.3 is 10.2 Å². The molecule has 41 heavy (non-hydrogen) atoms. The smallest absolute Gasteiger partial charge is 0.369 e. The number of amides is 1. The summed E-state index contributed by atoms with van der Waals surface area (Å²) in [7, 11) is 0. The summed E-state index contributed by atoms with van der Waals surface area (Å²) >= 11 is 0. The summed E-state index contributed by atoms with van der Waals surface area (Å²) in [5, 5.41) is 3.32. The molecule has 3 aliphatic rings. The normalized spacial score (nSPS) is 23.7. The van der Waals surface area contributed by atoms with Crippen LogP contribution in [0.4, 0.5) is 18.9 Å². The number of aromatic nitrogens is 1. The molecule has 1 aromatic heterocycles. The minimum absolute atomic E-state index is 0.177. The van der Waals surface area contributed by atoms with Crippen molar-refractivity contribution < 1.29 is 18.0 Å². The van der Waals surface area contributed by atoms with Gasteiger partial charge in [-0.2, -0.15) is 13.2 Å². The highest BCUT2D eigenvalue weighted by Gasteiger charge is 2.36. The van der Waals surface area contributed by atoms with Crippen LogP contribution in [0.2, 0.25) is 0 Å². The maximum Gasteiger partial charge on any atom is 0.416 e. The van der Waals surface area contributed by atoms with Gasteiger partial charge >= 0.3 is 6.18 Å². The third kappa shape index (κ3) is 8.44. The lowest BCUT2D eigenvalue weighted by Gasteiger charge is -2.47. The zero-order chi connectivity index (χ0) is 28.7. The van der Waals surface area contributed by atoms with Crippen molar-refractivity contribution >= 4 is 11.6 Å². The van der Waals surface area contributed by atoms with Gasteiger partial charge in [-0.25, -0.2) is 0 Å². The van der Waals surface area contributed by atoms with Gasteiger partial charge in [0.05, 0.1) is 5.56 Å². The van der Waals surface area contributed by atoms with E-state index in [1.54, 1.807) is 6.07 Å². The van der Waals surface area contributed by atoms with Gasteiger partial charge in [0.1, 0.15) is 0 Å². The molecule has 0 radical (unpaired) electrons. The Bertz CT molecular complexity index is 1100. The topological polar surface area (TPSA) is 51.7 Å². The number of hydrogen-bond donors (Lipinski definition) is 1. The number of anilines is 1. The summed E-state index contributed by atoms with van der Waals surface area (Å²) in [4.78, 5) is 24.2. The number of halogens is 3. The Hall–Kier alpha value is -2.65. The molecule has 0 bridgehead atoms. The van der Waals surface area contributed by atoms with Crippen LogP contribution in [0.5, 0.6) is 0 Å². The molecule has 1 amide bonds. The highest BCUT2D eigenvalue weighted by Crippen LogP contribution is 2.33. The van der Waals surface area contributed by atoms with Crippen LogP contribution < -0.4 is 10.2 Å². The molecular formula is C32H44F3N5O. The van der Waals surface area contributed by atoms with Crippen molar-refractivity contribution in [2.45, 2.75) is 82.6 Å². The van der Waals surface area contributed by atoms with Crippen molar-refractivity contribution in [2.24, 2.45) is 5.92 Å². The van der Waals surface area contributed by atoms with Gasteiger partial charge in [-0.05, 0) is 74.0 Å². The molecule has 2 saturated heterocycles.